The Balaban J connectivity index is 2.49. The molecule has 86 valence electrons. The van der Waals surface area contributed by atoms with Crippen LogP contribution in [0.25, 0.3) is 0 Å². The molecule has 0 radical (unpaired) electrons. The van der Waals surface area contributed by atoms with Gasteiger partial charge in [0.05, 0.1) is 5.69 Å². The van der Waals surface area contributed by atoms with Crippen LogP contribution in [0.5, 0.6) is 0 Å². The molecule has 2 amide bonds. The molecule has 3 nitrogen and oxygen atoms in total. The summed E-state index contributed by atoms with van der Waals surface area (Å²) in [6, 6.07) is 7.22. The lowest BCUT2D eigenvalue weighted by molar-refractivity contribution is 0.255. The molecule has 1 aromatic rings. The maximum atomic E-state index is 11.5. The van der Waals surface area contributed by atoms with E-state index in [4.69, 9.17) is 0 Å². The van der Waals surface area contributed by atoms with Gasteiger partial charge in [0, 0.05) is 10.7 Å². The normalized spacial score (nSPS) is 10.8. The predicted molar refractivity (Wildman–Crippen MR) is 70.3 cm³/mol. The van der Waals surface area contributed by atoms with Crippen LogP contribution in [0, 0.1) is 5.92 Å². The lowest BCUT2D eigenvalue weighted by Gasteiger charge is -2.06. The summed E-state index contributed by atoms with van der Waals surface area (Å²) in [6.07, 6.45) is 3.57. The zero-order chi connectivity index (χ0) is 12.0. The molecule has 1 rings (SSSR count). The van der Waals surface area contributed by atoms with E-state index in [-0.39, 0.29) is 6.03 Å². The van der Waals surface area contributed by atoms with E-state index in [1.165, 1.54) is 0 Å². The van der Waals surface area contributed by atoms with Crippen molar-refractivity contribution in [3.05, 3.63) is 41.0 Å². The Hall–Kier alpha value is -1.29. The summed E-state index contributed by atoms with van der Waals surface area (Å²) in [6.45, 7) is 4.09. The minimum atomic E-state index is -0.246. The molecule has 0 aromatic heterocycles. The highest BCUT2D eigenvalue weighted by molar-refractivity contribution is 9.10. The van der Waals surface area contributed by atoms with Gasteiger partial charge in [0.2, 0.25) is 0 Å². The van der Waals surface area contributed by atoms with E-state index in [2.05, 4.69) is 26.6 Å². The number of anilines is 1. The lowest BCUT2D eigenvalue weighted by atomic mass is 10.2. The molecule has 16 heavy (non-hydrogen) atoms. The number of hydrogen-bond acceptors (Lipinski definition) is 1. The van der Waals surface area contributed by atoms with Crippen molar-refractivity contribution in [1.82, 2.24) is 5.32 Å². The zero-order valence-corrected chi connectivity index (χ0v) is 10.9. The van der Waals surface area contributed by atoms with E-state index in [1.807, 2.05) is 44.2 Å². The van der Waals surface area contributed by atoms with Crippen LogP contribution >= 0.6 is 15.9 Å². The van der Waals surface area contributed by atoms with E-state index in [1.54, 1.807) is 6.20 Å². The van der Waals surface area contributed by atoms with E-state index in [0.717, 1.165) is 10.2 Å². The topological polar surface area (TPSA) is 41.1 Å². The first-order chi connectivity index (χ1) is 7.59. The van der Waals surface area contributed by atoms with Crippen LogP contribution in [0.3, 0.4) is 0 Å². The number of carbonyl (C=O) groups excluding carboxylic acids is 1. The smallest absolute Gasteiger partial charge is 0.315 e. The van der Waals surface area contributed by atoms with Gasteiger partial charge in [0.15, 0.2) is 0 Å². The molecule has 2 N–H and O–H groups in total. The second kappa shape index (κ2) is 6.33. The summed E-state index contributed by atoms with van der Waals surface area (Å²) in [5.74, 6) is 0.420. The largest absolute Gasteiger partial charge is 0.323 e. The summed E-state index contributed by atoms with van der Waals surface area (Å²) in [5.41, 5.74) is 0.748. The minimum absolute atomic E-state index is 0.246. The van der Waals surface area contributed by atoms with Gasteiger partial charge >= 0.3 is 6.03 Å². The van der Waals surface area contributed by atoms with Crippen LogP contribution in [0.15, 0.2) is 41.0 Å². The Morgan fingerprint density at radius 3 is 2.69 bits per heavy atom. The quantitative estimate of drug-likeness (QED) is 0.871. The number of amides is 2. The maximum Gasteiger partial charge on any atom is 0.323 e. The molecular formula is C12H15BrN2O. The Morgan fingerprint density at radius 1 is 1.38 bits per heavy atom. The van der Waals surface area contributed by atoms with Crippen molar-refractivity contribution < 1.29 is 4.79 Å². The first-order valence-corrected chi connectivity index (χ1v) is 5.87. The molecule has 0 saturated heterocycles. The number of para-hydroxylation sites is 1. The third kappa shape index (κ3) is 4.49. The Morgan fingerprint density at radius 2 is 2.06 bits per heavy atom. The van der Waals surface area contributed by atoms with Gasteiger partial charge in [-0.3, -0.25) is 0 Å². The van der Waals surface area contributed by atoms with Gasteiger partial charge in [-0.25, -0.2) is 4.79 Å². The molecule has 0 unspecified atom stereocenters. The van der Waals surface area contributed by atoms with Crippen LogP contribution in [0.2, 0.25) is 0 Å². The van der Waals surface area contributed by atoms with Crippen LogP contribution in [-0.4, -0.2) is 6.03 Å². The Labute approximate surface area is 104 Å². The van der Waals surface area contributed by atoms with E-state index < -0.39 is 0 Å². The van der Waals surface area contributed by atoms with Gasteiger partial charge in [-0.2, -0.15) is 0 Å². The predicted octanol–water partition coefficient (Wildman–Crippen LogP) is 3.74. The van der Waals surface area contributed by atoms with Crippen molar-refractivity contribution in [2.75, 3.05) is 5.32 Å². The summed E-state index contributed by atoms with van der Waals surface area (Å²) in [4.78, 5) is 11.5. The van der Waals surface area contributed by atoms with Gasteiger partial charge in [-0.1, -0.05) is 32.1 Å². The summed E-state index contributed by atoms with van der Waals surface area (Å²) >= 11 is 3.36. The Kier molecular flexibility index (Phi) is 5.05. The fourth-order valence-corrected chi connectivity index (χ4v) is 1.42. The molecule has 0 aliphatic carbocycles. The van der Waals surface area contributed by atoms with Gasteiger partial charge in [-0.05, 0) is 34.0 Å². The molecule has 0 heterocycles. The number of halogens is 1. The first kappa shape index (κ1) is 12.8. The van der Waals surface area contributed by atoms with Crippen molar-refractivity contribution in [1.29, 1.82) is 0 Å². The number of benzene rings is 1. The number of carbonyl (C=O) groups is 1. The van der Waals surface area contributed by atoms with Gasteiger partial charge < -0.3 is 10.6 Å². The third-order valence-electron chi connectivity index (χ3n) is 1.82. The number of rotatable bonds is 3. The van der Waals surface area contributed by atoms with E-state index in [0.29, 0.717) is 5.92 Å². The maximum absolute atomic E-state index is 11.5. The highest BCUT2D eigenvalue weighted by atomic mass is 79.9. The average molecular weight is 283 g/mol. The molecule has 4 heteroatoms. The summed E-state index contributed by atoms with van der Waals surface area (Å²) < 4.78 is 0.859. The number of nitrogens with one attached hydrogen (secondary N) is 2. The molecule has 0 aliphatic rings. The number of hydrogen-bond donors (Lipinski definition) is 2. The highest BCUT2D eigenvalue weighted by Crippen LogP contribution is 2.20. The van der Waals surface area contributed by atoms with Gasteiger partial charge in [-0.15, -0.1) is 0 Å². The van der Waals surface area contributed by atoms with Crippen LogP contribution in [0.4, 0.5) is 10.5 Å². The third-order valence-corrected chi connectivity index (χ3v) is 2.51. The van der Waals surface area contributed by atoms with Crippen molar-refractivity contribution in [2.45, 2.75) is 13.8 Å². The zero-order valence-electron chi connectivity index (χ0n) is 9.33. The Bertz CT molecular complexity index is 388. The highest BCUT2D eigenvalue weighted by Gasteiger charge is 2.01. The summed E-state index contributed by atoms with van der Waals surface area (Å²) in [7, 11) is 0. The lowest BCUT2D eigenvalue weighted by Crippen LogP contribution is -2.24. The molecule has 1 aromatic carbocycles. The summed E-state index contributed by atoms with van der Waals surface area (Å²) in [5, 5.41) is 5.37. The monoisotopic (exact) mass is 282 g/mol. The molecule has 0 saturated carbocycles. The molecule has 0 fully saturated rings. The van der Waals surface area contributed by atoms with Gasteiger partial charge in [0.1, 0.15) is 0 Å². The number of allylic oxidation sites excluding steroid dienone is 1. The standard InChI is InChI=1S/C12H15BrN2O/c1-9(2)7-8-14-12(16)15-11-6-4-3-5-10(11)13/h3-9H,1-2H3,(H2,14,15,16)/b8-7+. The number of urea groups is 1. The van der Waals surface area contributed by atoms with Crippen molar-refractivity contribution in [2.24, 2.45) is 5.92 Å². The second-order valence-corrected chi connectivity index (χ2v) is 4.54. The van der Waals surface area contributed by atoms with E-state index in [9.17, 15) is 4.79 Å². The van der Waals surface area contributed by atoms with Crippen LogP contribution in [-0.2, 0) is 0 Å². The van der Waals surface area contributed by atoms with Gasteiger partial charge in [0.25, 0.3) is 0 Å². The molecule has 0 aliphatic heterocycles. The molecule has 0 spiro atoms. The molecular weight excluding hydrogens is 268 g/mol. The first-order valence-electron chi connectivity index (χ1n) is 5.08. The average Bonchev–Trinajstić information content (AvgIpc) is 2.21. The van der Waals surface area contributed by atoms with E-state index >= 15 is 0 Å². The fraction of sp³-hybridized carbons (Fsp3) is 0.250. The molecule has 0 bridgehead atoms. The SMILES string of the molecule is CC(C)/C=C/NC(=O)Nc1ccccc1Br. The van der Waals surface area contributed by atoms with Crippen LogP contribution < -0.4 is 10.6 Å². The van der Waals surface area contributed by atoms with Crippen molar-refractivity contribution in [3.8, 4) is 0 Å². The van der Waals surface area contributed by atoms with Crippen molar-refractivity contribution in [3.63, 3.8) is 0 Å². The minimum Gasteiger partial charge on any atom is -0.315 e. The molecule has 0 atom stereocenters. The fourth-order valence-electron chi connectivity index (χ4n) is 1.04. The second-order valence-electron chi connectivity index (χ2n) is 3.68. The van der Waals surface area contributed by atoms with Crippen LogP contribution in [0.1, 0.15) is 13.8 Å². The van der Waals surface area contributed by atoms with Crippen molar-refractivity contribution >= 4 is 27.6 Å².